The lowest BCUT2D eigenvalue weighted by molar-refractivity contribution is 0.357. The summed E-state index contributed by atoms with van der Waals surface area (Å²) in [4.78, 5) is 0. The summed E-state index contributed by atoms with van der Waals surface area (Å²) >= 11 is 3.64. The maximum Gasteiger partial charge on any atom is 0.241 e. The van der Waals surface area contributed by atoms with Crippen LogP contribution in [-0.2, 0) is 10.8 Å². The summed E-state index contributed by atoms with van der Waals surface area (Å²) < 4.78 is 7.39. The van der Waals surface area contributed by atoms with E-state index in [1.54, 1.807) is 0 Å². The normalized spacial score (nSPS) is 20.0. The predicted molar refractivity (Wildman–Crippen MR) is 87.7 cm³/mol. The molecule has 1 aromatic rings. The van der Waals surface area contributed by atoms with E-state index in [9.17, 15) is 0 Å². The van der Waals surface area contributed by atoms with Gasteiger partial charge in [0.25, 0.3) is 0 Å². The van der Waals surface area contributed by atoms with Gasteiger partial charge in [-0.1, -0.05) is 34.1 Å². The van der Waals surface area contributed by atoms with Crippen LogP contribution in [0.3, 0.4) is 0 Å². The van der Waals surface area contributed by atoms with Gasteiger partial charge in [-0.05, 0) is 62.5 Å². The Morgan fingerprint density at radius 1 is 1.26 bits per heavy atom. The van der Waals surface area contributed by atoms with Crippen molar-refractivity contribution < 1.29 is 4.43 Å². The highest BCUT2D eigenvalue weighted by atomic mass is 79.9. The summed E-state index contributed by atoms with van der Waals surface area (Å²) in [5.41, 5.74) is 1.40. The van der Waals surface area contributed by atoms with E-state index >= 15 is 0 Å². The molecule has 19 heavy (non-hydrogen) atoms. The van der Waals surface area contributed by atoms with Gasteiger partial charge in [-0.15, -0.1) is 0 Å². The number of hydrogen-bond acceptors (Lipinski definition) is 1. The summed E-state index contributed by atoms with van der Waals surface area (Å²) in [7, 11) is -1.45. The van der Waals surface area contributed by atoms with Crippen LogP contribution in [0.25, 0.3) is 0 Å². The van der Waals surface area contributed by atoms with Crippen molar-refractivity contribution >= 4 is 24.2 Å². The van der Waals surface area contributed by atoms with E-state index in [2.05, 4.69) is 65.9 Å². The van der Waals surface area contributed by atoms with Gasteiger partial charge in [-0.2, -0.15) is 0 Å². The van der Waals surface area contributed by atoms with E-state index in [0.717, 1.165) is 12.8 Å². The van der Waals surface area contributed by atoms with Crippen molar-refractivity contribution in [3.8, 4) is 0 Å². The Bertz CT molecular complexity index is 462. The molecule has 0 spiro atoms. The summed E-state index contributed by atoms with van der Waals surface area (Å²) in [5.74, 6) is 1.86. The molecule has 104 valence electrons. The molecule has 1 aliphatic carbocycles. The predicted octanol–water partition coefficient (Wildman–Crippen LogP) is 5.53. The van der Waals surface area contributed by atoms with E-state index < -0.39 is 8.32 Å². The number of benzene rings is 1. The molecular weight excluding hydrogens is 316 g/mol. The molecular formula is C16H23BrOSi. The molecule has 0 saturated heterocycles. The van der Waals surface area contributed by atoms with Gasteiger partial charge in [0.1, 0.15) is 0 Å². The van der Waals surface area contributed by atoms with E-state index in [1.807, 2.05) is 0 Å². The molecule has 1 atom stereocenters. The molecule has 3 heteroatoms. The van der Waals surface area contributed by atoms with Crippen LogP contribution in [0.15, 0.2) is 40.6 Å². The zero-order valence-electron chi connectivity index (χ0n) is 12.1. The third kappa shape index (κ3) is 4.81. The first-order valence-corrected chi connectivity index (χ1v) is 11.3. The van der Waals surface area contributed by atoms with Crippen LogP contribution in [0, 0.1) is 5.92 Å². The fourth-order valence-corrected chi connectivity index (χ4v) is 3.96. The minimum Gasteiger partial charge on any atom is -0.548 e. The van der Waals surface area contributed by atoms with Crippen LogP contribution in [0.4, 0.5) is 0 Å². The van der Waals surface area contributed by atoms with Gasteiger partial charge < -0.3 is 4.43 Å². The van der Waals surface area contributed by atoms with Crippen molar-refractivity contribution in [2.75, 3.05) is 0 Å². The zero-order valence-corrected chi connectivity index (χ0v) is 14.7. The van der Waals surface area contributed by atoms with Gasteiger partial charge in [-0.3, -0.25) is 0 Å². The number of allylic oxidation sites excluding steroid dienone is 2. The summed E-state index contributed by atoms with van der Waals surface area (Å²) in [6.45, 7) is 6.77. The van der Waals surface area contributed by atoms with Crippen molar-refractivity contribution in [2.45, 2.75) is 45.3 Å². The van der Waals surface area contributed by atoms with E-state index in [4.69, 9.17) is 4.43 Å². The van der Waals surface area contributed by atoms with Crippen LogP contribution in [0.1, 0.15) is 24.8 Å². The molecule has 0 heterocycles. The van der Waals surface area contributed by atoms with Crippen molar-refractivity contribution in [3.05, 3.63) is 46.1 Å². The molecule has 0 amide bonds. The quantitative estimate of drug-likeness (QED) is 0.656. The number of rotatable bonds is 4. The average Bonchev–Trinajstić information content (AvgIpc) is 2.30. The Morgan fingerprint density at radius 3 is 2.68 bits per heavy atom. The number of halogens is 1. The van der Waals surface area contributed by atoms with Gasteiger partial charge in [0.15, 0.2) is 0 Å². The Morgan fingerprint density at radius 2 is 2.00 bits per heavy atom. The lowest BCUT2D eigenvalue weighted by Gasteiger charge is -2.27. The van der Waals surface area contributed by atoms with Crippen molar-refractivity contribution in [2.24, 2.45) is 5.92 Å². The van der Waals surface area contributed by atoms with Gasteiger partial charge >= 0.3 is 0 Å². The molecule has 1 nitrogen and oxygen atoms in total. The van der Waals surface area contributed by atoms with Gasteiger partial charge in [-0.25, -0.2) is 0 Å². The third-order valence-corrected chi connectivity index (χ3v) is 4.95. The fourth-order valence-electron chi connectivity index (χ4n) is 2.55. The molecule has 1 aromatic carbocycles. The lowest BCUT2D eigenvalue weighted by atomic mass is 9.89. The minimum absolute atomic E-state index is 0.624. The highest BCUT2D eigenvalue weighted by Crippen LogP contribution is 2.30. The topological polar surface area (TPSA) is 9.23 Å². The Labute approximate surface area is 126 Å². The number of hydrogen-bond donors (Lipinski definition) is 0. The third-order valence-electron chi connectivity index (χ3n) is 3.30. The van der Waals surface area contributed by atoms with Gasteiger partial charge in [0.05, 0.1) is 5.76 Å². The second-order valence-corrected chi connectivity index (χ2v) is 11.6. The summed E-state index contributed by atoms with van der Waals surface area (Å²) in [6.07, 6.45) is 7.14. The molecule has 0 aromatic heterocycles. The maximum atomic E-state index is 6.17. The molecule has 0 aliphatic heterocycles. The second kappa shape index (κ2) is 6.27. The van der Waals surface area contributed by atoms with Crippen molar-refractivity contribution in [3.63, 3.8) is 0 Å². The SMILES string of the molecule is C[Si](C)(C)OC1=CC(Cc2ccccc2Br)CCC1. The summed E-state index contributed by atoms with van der Waals surface area (Å²) in [5, 5.41) is 0. The van der Waals surface area contributed by atoms with Crippen LogP contribution in [0.2, 0.25) is 19.6 Å². The van der Waals surface area contributed by atoms with Crippen molar-refractivity contribution in [1.82, 2.24) is 0 Å². The molecule has 0 N–H and O–H groups in total. The van der Waals surface area contributed by atoms with E-state index in [0.29, 0.717) is 5.92 Å². The molecule has 1 aliphatic rings. The smallest absolute Gasteiger partial charge is 0.241 e. The Balaban J connectivity index is 2.05. The lowest BCUT2D eigenvalue weighted by Crippen LogP contribution is -2.26. The highest BCUT2D eigenvalue weighted by Gasteiger charge is 2.21. The highest BCUT2D eigenvalue weighted by molar-refractivity contribution is 9.10. The Kier molecular flexibility index (Phi) is 4.90. The molecule has 0 radical (unpaired) electrons. The summed E-state index contributed by atoms with van der Waals surface area (Å²) in [6, 6.07) is 8.53. The largest absolute Gasteiger partial charge is 0.548 e. The molecule has 0 saturated carbocycles. The monoisotopic (exact) mass is 338 g/mol. The molecule has 0 fully saturated rings. The first-order chi connectivity index (χ1) is 8.94. The van der Waals surface area contributed by atoms with Gasteiger partial charge in [0, 0.05) is 10.9 Å². The van der Waals surface area contributed by atoms with Crippen LogP contribution in [-0.4, -0.2) is 8.32 Å². The fraction of sp³-hybridized carbons (Fsp3) is 0.500. The average molecular weight is 339 g/mol. The van der Waals surface area contributed by atoms with Crippen molar-refractivity contribution in [1.29, 1.82) is 0 Å². The van der Waals surface area contributed by atoms with Crippen LogP contribution < -0.4 is 0 Å². The molecule has 1 unspecified atom stereocenters. The van der Waals surface area contributed by atoms with E-state index in [-0.39, 0.29) is 0 Å². The zero-order chi connectivity index (χ0) is 13.9. The standard InChI is InChI=1S/C16H23BrOSi/c1-19(2,3)18-15-9-6-7-13(12-15)11-14-8-4-5-10-16(14)17/h4-5,8,10,12-13H,6-7,9,11H2,1-3H3. The molecule has 2 rings (SSSR count). The first-order valence-electron chi connectivity index (χ1n) is 7.07. The molecule has 0 bridgehead atoms. The van der Waals surface area contributed by atoms with Gasteiger partial charge in [0.2, 0.25) is 8.32 Å². The minimum atomic E-state index is -1.45. The Hall–Kier alpha value is -0.543. The van der Waals surface area contributed by atoms with Crippen LogP contribution in [0.5, 0.6) is 0 Å². The second-order valence-electron chi connectivity index (χ2n) is 6.30. The first kappa shape index (κ1) is 14.9. The maximum absolute atomic E-state index is 6.17. The van der Waals surface area contributed by atoms with E-state index in [1.165, 1.54) is 28.6 Å². The van der Waals surface area contributed by atoms with Crippen LogP contribution >= 0.6 is 15.9 Å².